The number of aliphatic hydroxyl groups is 2. The topological polar surface area (TPSA) is 43.7 Å². The van der Waals surface area contributed by atoms with Crippen molar-refractivity contribution in [2.45, 2.75) is 38.5 Å². The van der Waals surface area contributed by atoms with Crippen molar-refractivity contribution in [1.29, 1.82) is 0 Å². The molecule has 0 radical (unpaired) electrons. The molecule has 0 fully saturated rings. The molecule has 0 aromatic heterocycles. The number of aliphatic hydroxyl groups excluding tert-OH is 2. The smallest absolute Gasteiger partial charge is 0.0681 e. The first-order valence-corrected chi connectivity index (χ1v) is 8.43. The molecule has 3 rings (SSSR count). The molecule has 0 aliphatic heterocycles. The Morgan fingerprint density at radius 1 is 0.957 bits per heavy atom. The molecule has 3 heteroatoms. The van der Waals surface area contributed by atoms with Crippen molar-refractivity contribution < 1.29 is 10.2 Å². The Hall–Kier alpha value is -1.68. The molecule has 0 spiro atoms. The van der Waals surface area contributed by atoms with E-state index < -0.39 is 0 Å². The van der Waals surface area contributed by atoms with Crippen molar-refractivity contribution >= 4 is 0 Å². The molecule has 23 heavy (non-hydrogen) atoms. The van der Waals surface area contributed by atoms with E-state index in [1.54, 1.807) is 0 Å². The second-order valence-corrected chi connectivity index (χ2v) is 6.28. The standard InChI is InChI=1S/C20H25NO2/c22-13-3-12-21(14-16-6-8-17(15-23)9-7-16)20-11-10-18-4-1-2-5-19(18)20/h1-2,4-9,20,22-23H,3,10-15H2. The van der Waals surface area contributed by atoms with Gasteiger partial charge in [-0.05, 0) is 41.5 Å². The molecule has 0 bridgehead atoms. The number of hydrogen-bond acceptors (Lipinski definition) is 3. The van der Waals surface area contributed by atoms with Crippen LogP contribution in [0.4, 0.5) is 0 Å². The average Bonchev–Trinajstić information content (AvgIpc) is 3.03. The summed E-state index contributed by atoms with van der Waals surface area (Å²) in [5.41, 5.74) is 5.10. The van der Waals surface area contributed by atoms with Gasteiger partial charge in [-0.2, -0.15) is 0 Å². The van der Waals surface area contributed by atoms with Gasteiger partial charge in [0, 0.05) is 25.7 Å². The second kappa shape index (κ2) is 7.73. The second-order valence-electron chi connectivity index (χ2n) is 6.28. The van der Waals surface area contributed by atoms with Gasteiger partial charge < -0.3 is 10.2 Å². The van der Waals surface area contributed by atoms with E-state index in [9.17, 15) is 10.2 Å². The summed E-state index contributed by atoms with van der Waals surface area (Å²) in [6, 6.07) is 17.3. The fourth-order valence-electron chi connectivity index (χ4n) is 3.52. The minimum absolute atomic E-state index is 0.0878. The van der Waals surface area contributed by atoms with Gasteiger partial charge in [-0.25, -0.2) is 0 Å². The normalized spacial score (nSPS) is 16.7. The molecule has 0 saturated carbocycles. The number of benzene rings is 2. The van der Waals surface area contributed by atoms with Gasteiger partial charge in [-0.3, -0.25) is 4.90 Å². The first-order valence-electron chi connectivity index (χ1n) is 8.43. The SMILES string of the molecule is OCCCN(Cc1ccc(CO)cc1)C1CCc2ccccc21. The van der Waals surface area contributed by atoms with Crippen LogP contribution in [-0.4, -0.2) is 28.3 Å². The van der Waals surface area contributed by atoms with Gasteiger partial charge in [-0.15, -0.1) is 0 Å². The highest BCUT2D eigenvalue weighted by Crippen LogP contribution is 2.36. The maximum absolute atomic E-state index is 9.23. The maximum atomic E-state index is 9.23. The fourth-order valence-corrected chi connectivity index (χ4v) is 3.52. The molecule has 3 nitrogen and oxygen atoms in total. The van der Waals surface area contributed by atoms with Gasteiger partial charge in [0.1, 0.15) is 0 Å². The van der Waals surface area contributed by atoms with Crippen LogP contribution in [0.5, 0.6) is 0 Å². The number of rotatable bonds is 7. The van der Waals surface area contributed by atoms with Crippen LogP contribution in [0.1, 0.15) is 41.1 Å². The Morgan fingerprint density at radius 2 is 1.70 bits per heavy atom. The first kappa shape index (κ1) is 16.2. The van der Waals surface area contributed by atoms with Gasteiger partial charge in [0.2, 0.25) is 0 Å². The minimum Gasteiger partial charge on any atom is -0.396 e. The predicted molar refractivity (Wildman–Crippen MR) is 92.0 cm³/mol. The Kier molecular flexibility index (Phi) is 5.44. The highest BCUT2D eigenvalue weighted by atomic mass is 16.3. The predicted octanol–water partition coefficient (Wildman–Crippen LogP) is 3.05. The lowest BCUT2D eigenvalue weighted by Gasteiger charge is -2.29. The van der Waals surface area contributed by atoms with E-state index in [2.05, 4.69) is 41.3 Å². The molecule has 122 valence electrons. The van der Waals surface area contributed by atoms with Crippen molar-refractivity contribution in [3.63, 3.8) is 0 Å². The van der Waals surface area contributed by atoms with Crippen LogP contribution in [0.3, 0.4) is 0 Å². The number of fused-ring (bicyclic) bond motifs is 1. The van der Waals surface area contributed by atoms with Crippen LogP contribution in [0.25, 0.3) is 0 Å². The lowest BCUT2D eigenvalue weighted by atomic mass is 10.0. The Bertz CT molecular complexity index is 624. The van der Waals surface area contributed by atoms with Crippen molar-refractivity contribution in [3.05, 3.63) is 70.8 Å². The highest BCUT2D eigenvalue weighted by molar-refractivity contribution is 5.34. The fraction of sp³-hybridized carbons (Fsp3) is 0.400. The third kappa shape index (κ3) is 3.81. The molecule has 1 atom stereocenters. The largest absolute Gasteiger partial charge is 0.396 e. The van der Waals surface area contributed by atoms with Crippen LogP contribution >= 0.6 is 0 Å². The van der Waals surface area contributed by atoms with E-state index in [0.717, 1.165) is 37.9 Å². The monoisotopic (exact) mass is 311 g/mol. The van der Waals surface area contributed by atoms with Crippen molar-refractivity contribution in [2.24, 2.45) is 0 Å². The molecule has 1 unspecified atom stereocenters. The Balaban J connectivity index is 1.77. The van der Waals surface area contributed by atoms with Crippen LogP contribution in [-0.2, 0) is 19.6 Å². The summed E-state index contributed by atoms with van der Waals surface area (Å²) < 4.78 is 0. The summed E-state index contributed by atoms with van der Waals surface area (Å²) in [6.45, 7) is 2.10. The van der Waals surface area contributed by atoms with Crippen LogP contribution < -0.4 is 0 Å². The van der Waals surface area contributed by atoms with E-state index in [1.165, 1.54) is 16.7 Å². The number of nitrogens with zero attached hydrogens (tertiary/aromatic N) is 1. The minimum atomic E-state index is 0.0878. The zero-order chi connectivity index (χ0) is 16.1. The third-order valence-electron chi connectivity index (χ3n) is 4.74. The molecule has 0 heterocycles. The molecule has 0 amide bonds. The molecule has 2 N–H and O–H groups in total. The van der Waals surface area contributed by atoms with Crippen LogP contribution in [0, 0.1) is 0 Å². The van der Waals surface area contributed by atoms with Gasteiger partial charge in [0.25, 0.3) is 0 Å². The van der Waals surface area contributed by atoms with E-state index in [0.29, 0.717) is 6.04 Å². The number of aryl methyl sites for hydroxylation is 1. The third-order valence-corrected chi connectivity index (χ3v) is 4.74. The Labute approximate surface area is 138 Å². The number of hydrogen-bond donors (Lipinski definition) is 2. The van der Waals surface area contributed by atoms with Gasteiger partial charge >= 0.3 is 0 Å². The lowest BCUT2D eigenvalue weighted by Crippen LogP contribution is -2.28. The molecular formula is C20H25NO2. The summed E-state index contributed by atoms with van der Waals surface area (Å²) in [5, 5.41) is 18.4. The maximum Gasteiger partial charge on any atom is 0.0681 e. The molecular weight excluding hydrogens is 286 g/mol. The van der Waals surface area contributed by atoms with Crippen molar-refractivity contribution in [1.82, 2.24) is 4.90 Å². The zero-order valence-electron chi connectivity index (χ0n) is 13.5. The van der Waals surface area contributed by atoms with Crippen LogP contribution in [0.15, 0.2) is 48.5 Å². The average molecular weight is 311 g/mol. The van der Waals surface area contributed by atoms with E-state index in [-0.39, 0.29) is 13.2 Å². The van der Waals surface area contributed by atoms with Crippen molar-refractivity contribution in [2.75, 3.05) is 13.2 Å². The van der Waals surface area contributed by atoms with E-state index >= 15 is 0 Å². The summed E-state index contributed by atoms with van der Waals surface area (Å²) >= 11 is 0. The first-order chi connectivity index (χ1) is 11.3. The summed E-state index contributed by atoms with van der Waals surface area (Å²) in [5.74, 6) is 0. The zero-order valence-corrected chi connectivity index (χ0v) is 13.5. The van der Waals surface area contributed by atoms with Gasteiger partial charge in [-0.1, -0.05) is 48.5 Å². The summed E-state index contributed by atoms with van der Waals surface area (Å²) in [6.07, 6.45) is 3.09. The van der Waals surface area contributed by atoms with Crippen LogP contribution in [0.2, 0.25) is 0 Å². The van der Waals surface area contributed by atoms with Gasteiger partial charge in [0.05, 0.1) is 6.61 Å². The van der Waals surface area contributed by atoms with E-state index in [4.69, 9.17) is 0 Å². The highest BCUT2D eigenvalue weighted by Gasteiger charge is 2.27. The van der Waals surface area contributed by atoms with Crippen molar-refractivity contribution in [3.8, 4) is 0 Å². The molecule has 2 aromatic carbocycles. The summed E-state index contributed by atoms with van der Waals surface area (Å²) in [4.78, 5) is 2.48. The summed E-state index contributed by atoms with van der Waals surface area (Å²) in [7, 11) is 0. The molecule has 0 saturated heterocycles. The molecule has 1 aliphatic carbocycles. The molecule has 2 aromatic rings. The Morgan fingerprint density at radius 3 is 2.43 bits per heavy atom. The lowest BCUT2D eigenvalue weighted by molar-refractivity contribution is 0.166. The quantitative estimate of drug-likeness (QED) is 0.826. The van der Waals surface area contributed by atoms with E-state index in [1.807, 2.05) is 12.1 Å². The van der Waals surface area contributed by atoms with Gasteiger partial charge in [0.15, 0.2) is 0 Å². The molecule has 1 aliphatic rings.